The summed E-state index contributed by atoms with van der Waals surface area (Å²) < 4.78 is 72.2. The molecule has 1 saturated heterocycles. The third-order valence-corrected chi connectivity index (χ3v) is 4.71. The van der Waals surface area contributed by atoms with Crippen molar-refractivity contribution < 1.29 is 36.3 Å². The molecule has 0 unspecified atom stereocenters. The van der Waals surface area contributed by atoms with Crippen molar-refractivity contribution >= 4 is 17.8 Å². The van der Waals surface area contributed by atoms with Crippen LogP contribution in [-0.2, 0) is 22.4 Å². The van der Waals surface area contributed by atoms with Crippen LogP contribution in [0.2, 0.25) is 0 Å². The van der Waals surface area contributed by atoms with Crippen molar-refractivity contribution in [2.24, 2.45) is 0 Å². The van der Waals surface area contributed by atoms with Gasteiger partial charge in [0, 0.05) is 0 Å². The van der Waals surface area contributed by atoms with Crippen molar-refractivity contribution in [2.75, 3.05) is 0 Å². The van der Waals surface area contributed by atoms with Gasteiger partial charge in [0.2, 0.25) is 11.8 Å². The van der Waals surface area contributed by atoms with Crippen molar-refractivity contribution in [3.8, 4) is 0 Å². The maximum absolute atomic E-state index is 14.8. The van der Waals surface area contributed by atoms with Crippen LogP contribution in [0, 0.1) is 12.7 Å². The van der Waals surface area contributed by atoms with E-state index >= 15 is 0 Å². The Morgan fingerprint density at radius 2 is 1.13 bits per heavy atom. The standard InChI is InChI=1S/C21H17F5N2O3/c1-13-2-4-14(5-3-13)11-20(23,24)27-17(29)10-18(30)28(19(27)31)21(25,26)12-15-6-8-16(22)9-7-15/h2-9H,10-12H2,1H3. The molecule has 2 aromatic rings. The molecule has 1 fully saturated rings. The van der Waals surface area contributed by atoms with Gasteiger partial charge in [-0.25, -0.2) is 19.0 Å². The Kier molecular flexibility index (Phi) is 5.84. The molecule has 0 spiro atoms. The number of barbiturate groups is 1. The van der Waals surface area contributed by atoms with E-state index < -0.39 is 64.8 Å². The summed E-state index contributed by atoms with van der Waals surface area (Å²) in [5, 5.41) is 0. The molecule has 3 rings (SSSR count). The summed E-state index contributed by atoms with van der Waals surface area (Å²) >= 11 is 0. The van der Waals surface area contributed by atoms with Crippen molar-refractivity contribution in [3.05, 3.63) is 71.0 Å². The number of nitrogens with zero attached hydrogens (tertiary/aromatic N) is 2. The van der Waals surface area contributed by atoms with Crippen molar-refractivity contribution in [1.29, 1.82) is 0 Å². The molecule has 0 N–H and O–H groups in total. The summed E-state index contributed by atoms with van der Waals surface area (Å²) in [7, 11) is 0. The van der Waals surface area contributed by atoms with Crippen LogP contribution in [0.25, 0.3) is 0 Å². The number of amides is 4. The third-order valence-electron chi connectivity index (χ3n) is 4.71. The average Bonchev–Trinajstić information content (AvgIpc) is 2.64. The normalized spacial score (nSPS) is 15.6. The van der Waals surface area contributed by atoms with Gasteiger partial charge in [-0.1, -0.05) is 42.0 Å². The highest BCUT2D eigenvalue weighted by molar-refractivity contribution is 6.14. The summed E-state index contributed by atoms with van der Waals surface area (Å²) in [6.45, 7) is 1.73. The van der Waals surface area contributed by atoms with E-state index in [1.807, 2.05) is 0 Å². The summed E-state index contributed by atoms with van der Waals surface area (Å²) in [5.41, 5.74) is 0.717. The molecule has 1 aliphatic rings. The molecule has 0 bridgehead atoms. The summed E-state index contributed by atoms with van der Waals surface area (Å²) in [4.78, 5) is 35.4. The second kappa shape index (κ2) is 8.09. The van der Waals surface area contributed by atoms with Crippen LogP contribution >= 0.6 is 0 Å². The van der Waals surface area contributed by atoms with Crippen LogP contribution in [0.1, 0.15) is 23.1 Å². The van der Waals surface area contributed by atoms with E-state index in [1.165, 1.54) is 24.3 Å². The van der Waals surface area contributed by atoms with Gasteiger partial charge in [-0.2, -0.15) is 17.6 Å². The fourth-order valence-electron chi connectivity index (χ4n) is 3.20. The minimum atomic E-state index is -4.22. The van der Waals surface area contributed by atoms with Crippen molar-refractivity contribution in [2.45, 2.75) is 38.3 Å². The molecule has 31 heavy (non-hydrogen) atoms. The Balaban J connectivity index is 1.87. The zero-order valence-corrected chi connectivity index (χ0v) is 16.2. The Morgan fingerprint density at radius 3 is 1.55 bits per heavy atom. The fourth-order valence-corrected chi connectivity index (χ4v) is 3.20. The SMILES string of the molecule is Cc1ccc(CC(F)(F)N2C(=O)CC(=O)N(C(F)(F)Cc3ccc(F)cc3)C2=O)cc1. The van der Waals surface area contributed by atoms with Crippen LogP contribution in [-0.4, -0.2) is 39.7 Å². The van der Waals surface area contributed by atoms with Crippen molar-refractivity contribution in [1.82, 2.24) is 9.80 Å². The number of urea groups is 1. The highest BCUT2D eigenvalue weighted by atomic mass is 19.3. The molecule has 2 aromatic carbocycles. The number of alkyl halides is 4. The molecular formula is C21H17F5N2O3. The predicted molar refractivity (Wildman–Crippen MR) is 98.6 cm³/mol. The fraction of sp³-hybridized carbons (Fsp3) is 0.286. The first-order valence-electron chi connectivity index (χ1n) is 9.16. The second-order valence-electron chi connectivity index (χ2n) is 7.21. The first kappa shape index (κ1) is 22.4. The highest BCUT2D eigenvalue weighted by Crippen LogP contribution is 2.35. The van der Waals surface area contributed by atoms with E-state index in [0.717, 1.165) is 29.8 Å². The molecule has 0 saturated carbocycles. The minimum absolute atomic E-state index is 0.0673. The van der Waals surface area contributed by atoms with Gasteiger partial charge in [0.05, 0.1) is 12.8 Å². The van der Waals surface area contributed by atoms with Gasteiger partial charge in [-0.05, 0) is 30.2 Å². The summed E-state index contributed by atoms with van der Waals surface area (Å²) in [6, 6.07) is -0.857. The molecule has 5 nitrogen and oxygen atoms in total. The lowest BCUT2D eigenvalue weighted by Gasteiger charge is -2.39. The van der Waals surface area contributed by atoms with E-state index in [-0.39, 0.29) is 11.1 Å². The van der Waals surface area contributed by atoms with Gasteiger partial charge in [-0.15, -0.1) is 0 Å². The maximum Gasteiger partial charge on any atom is 0.342 e. The van der Waals surface area contributed by atoms with Crippen LogP contribution < -0.4 is 0 Å². The maximum atomic E-state index is 14.8. The zero-order chi connectivity index (χ0) is 23.0. The lowest BCUT2D eigenvalue weighted by Crippen LogP contribution is -2.65. The van der Waals surface area contributed by atoms with Crippen LogP contribution in [0.15, 0.2) is 48.5 Å². The van der Waals surface area contributed by atoms with Crippen LogP contribution in [0.5, 0.6) is 0 Å². The lowest BCUT2D eigenvalue weighted by atomic mass is 10.1. The predicted octanol–water partition coefficient (Wildman–Crippen LogP) is 4.29. The number of aryl methyl sites for hydroxylation is 1. The molecule has 0 aromatic heterocycles. The van der Waals surface area contributed by atoms with E-state index in [0.29, 0.717) is 0 Å². The smallest absolute Gasteiger partial charge is 0.274 e. The molecule has 4 amide bonds. The molecule has 1 heterocycles. The zero-order valence-electron chi connectivity index (χ0n) is 16.2. The summed E-state index contributed by atoms with van der Waals surface area (Å²) in [5.74, 6) is -3.85. The van der Waals surface area contributed by atoms with E-state index in [1.54, 1.807) is 6.92 Å². The number of hydrogen-bond acceptors (Lipinski definition) is 3. The number of hydrogen-bond donors (Lipinski definition) is 0. The van der Waals surface area contributed by atoms with Crippen molar-refractivity contribution in [3.63, 3.8) is 0 Å². The van der Waals surface area contributed by atoms with Gasteiger partial charge >= 0.3 is 18.1 Å². The molecule has 0 aliphatic carbocycles. The lowest BCUT2D eigenvalue weighted by molar-refractivity contribution is -0.189. The number of carbonyl (C=O) groups is 3. The van der Waals surface area contributed by atoms with Crippen LogP contribution in [0.4, 0.5) is 26.7 Å². The topological polar surface area (TPSA) is 57.7 Å². The van der Waals surface area contributed by atoms with E-state index in [9.17, 15) is 36.3 Å². The number of rotatable bonds is 6. The number of imide groups is 2. The highest BCUT2D eigenvalue weighted by Gasteiger charge is 2.57. The van der Waals surface area contributed by atoms with Gasteiger partial charge < -0.3 is 0 Å². The number of halogens is 5. The molecule has 164 valence electrons. The quantitative estimate of drug-likeness (QED) is 0.383. The molecule has 10 heteroatoms. The van der Waals surface area contributed by atoms with Gasteiger partial charge in [0.1, 0.15) is 12.2 Å². The Hall–Kier alpha value is -3.30. The van der Waals surface area contributed by atoms with E-state index in [2.05, 4.69) is 0 Å². The Labute approximate surface area is 174 Å². The average molecular weight is 440 g/mol. The second-order valence-corrected chi connectivity index (χ2v) is 7.21. The Bertz CT molecular complexity index is 927. The largest absolute Gasteiger partial charge is 0.342 e. The minimum Gasteiger partial charge on any atom is -0.274 e. The first-order valence-corrected chi connectivity index (χ1v) is 9.16. The number of benzene rings is 2. The van der Waals surface area contributed by atoms with Gasteiger partial charge in [-0.3, -0.25) is 9.59 Å². The molecule has 0 radical (unpaired) electrons. The monoisotopic (exact) mass is 440 g/mol. The van der Waals surface area contributed by atoms with Gasteiger partial charge in [0.15, 0.2) is 0 Å². The van der Waals surface area contributed by atoms with Crippen LogP contribution in [0.3, 0.4) is 0 Å². The molecular weight excluding hydrogens is 423 g/mol. The Morgan fingerprint density at radius 1 is 0.742 bits per heavy atom. The number of carbonyl (C=O) groups excluding carboxylic acids is 3. The van der Waals surface area contributed by atoms with Gasteiger partial charge in [0.25, 0.3) is 0 Å². The third kappa shape index (κ3) is 4.73. The molecule has 1 aliphatic heterocycles. The first-order chi connectivity index (χ1) is 14.4. The van der Waals surface area contributed by atoms with E-state index in [4.69, 9.17) is 0 Å². The molecule has 0 atom stereocenters. The summed E-state index contributed by atoms with van der Waals surface area (Å²) in [6.07, 6.45) is -3.64.